The second-order valence-corrected chi connectivity index (χ2v) is 10.3. The van der Waals surface area contributed by atoms with Gasteiger partial charge in [0, 0.05) is 26.1 Å². The topological polar surface area (TPSA) is 106 Å². The normalized spacial score (nSPS) is 16.9. The Morgan fingerprint density at radius 1 is 0.854 bits per heavy atom. The fourth-order valence-corrected chi connectivity index (χ4v) is 4.91. The first-order valence-corrected chi connectivity index (χ1v) is 14.6. The number of rotatable bonds is 16. The molecule has 0 aromatic heterocycles. The van der Waals surface area contributed by atoms with E-state index in [1.165, 1.54) is 0 Å². The first-order valence-electron chi connectivity index (χ1n) is 14.6. The average molecular weight is 559 g/mol. The van der Waals surface area contributed by atoms with Crippen LogP contribution >= 0.6 is 0 Å². The molecule has 0 saturated carbocycles. The van der Waals surface area contributed by atoms with Gasteiger partial charge in [-0.1, -0.05) is 49.4 Å². The van der Waals surface area contributed by atoms with E-state index >= 15 is 0 Å². The van der Waals surface area contributed by atoms with Crippen LogP contribution in [0.4, 0.5) is 0 Å². The molecule has 2 atom stereocenters. The molecule has 3 aromatic carbocycles. The standard InChI is InChI=1S/C33H42N4O4/c1-2-22-40-27-15-11-25(12-16-27)23-30-33(39)37(31(32(38)36-30)10-6-7-20-35-21-19-34)24-26-13-17-29(18-14-26)41-28-8-4-3-5-9-28/h3-5,8-9,11-18,30-31,35H,2,6-7,10,19-24,34H2,1H3,(H,36,38). The number of hydrogen-bond acceptors (Lipinski definition) is 6. The van der Waals surface area contributed by atoms with E-state index < -0.39 is 12.1 Å². The summed E-state index contributed by atoms with van der Waals surface area (Å²) < 4.78 is 11.6. The van der Waals surface area contributed by atoms with E-state index in [2.05, 4.69) is 17.6 Å². The van der Waals surface area contributed by atoms with Crippen molar-refractivity contribution in [3.63, 3.8) is 0 Å². The highest BCUT2D eigenvalue weighted by Gasteiger charge is 2.40. The van der Waals surface area contributed by atoms with E-state index in [-0.39, 0.29) is 11.8 Å². The molecule has 8 heteroatoms. The van der Waals surface area contributed by atoms with Gasteiger partial charge in [0.15, 0.2) is 0 Å². The van der Waals surface area contributed by atoms with E-state index in [9.17, 15) is 9.59 Å². The summed E-state index contributed by atoms with van der Waals surface area (Å²) in [5.74, 6) is 2.12. The van der Waals surface area contributed by atoms with Crippen LogP contribution < -0.4 is 25.8 Å². The summed E-state index contributed by atoms with van der Waals surface area (Å²) in [5, 5.41) is 6.30. The number of hydrogen-bond donors (Lipinski definition) is 3. The highest BCUT2D eigenvalue weighted by atomic mass is 16.5. The average Bonchev–Trinajstić information content (AvgIpc) is 2.99. The van der Waals surface area contributed by atoms with Crippen LogP contribution in [0.2, 0.25) is 0 Å². The monoisotopic (exact) mass is 558 g/mol. The van der Waals surface area contributed by atoms with Crippen LogP contribution in [-0.4, -0.2) is 55.0 Å². The zero-order valence-corrected chi connectivity index (χ0v) is 23.9. The summed E-state index contributed by atoms with van der Waals surface area (Å²) >= 11 is 0. The van der Waals surface area contributed by atoms with Gasteiger partial charge < -0.3 is 30.7 Å². The number of para-hydroxylation sites is 1. The number of nitrogens with two attached hydrogens (primary N) is 1. The summed E-state index contributed by atoms with van der Waals surface area (Å²) in [4.78, 5) is 28.9. The number of ether oxygens (including phenoxy) is 2. The number of piperazine rings is 1. The van der Waals surface area contributed by atoms with Crippen molar-refractivity contribution >= 4 is 11.8 Å². The van der Waals surface area contributed by atoms with Crippen molar-refractivity contribution in [2.24, 2.45) is 5.73 Å². The number of benzene rings is 3. The molecule has 4 rings (SSSR count). The highest BCUT2D eigenvalue weighted by Crippen LogP contribution is 2.25. The number of unbranched alkanes of at least 4 members (excludes halogenated alkanes) is 1. The van der Waals surface area contributed by atoms with Crippen molar-refractivity contribution in [1.29, 1.82) is 0 Å². The van der Waals surface area contributed by atoms with E-state index in [0.29, 0.717) is 38.3 Å². The highest BCUT2D eigenvalue weighted by molar-refractivity contribution is 5.97. The molecular formula is C33H42N4O4. The van der Waals surface area contributed by atoms with Crippen molar-refractivity contribution in [2.75, 3.05) is 26.2 Å². The molecular weight excluding hydrogens is 516 g/mol. The van der Waals surface area contributed by atoms with Crippen LogP contribution in [0.1, 0.15) is 43.7 Å². The zero-order valence-electron chi connectivity index (χ0n) is 23.9. The van der Waals surface area contributed by atoms with Crippen LogP contribution in [0, 0.1) is 0 Å². The number of nitrogens with one attached hydrogen (secondary N) is 2. The molecule has 0 bridgehead atoms. The van der Waals surface area contributed by atoms with E-state index in [0.717, 1.165) is 55.0 Å². The first kappa shape index (κ1) is 30.1. The molecule has 2 unspecified atom stereocenters. The minimum atomic E-state index is -0.618. The Morgan fingerprint density at radius 2 is 1.54 bits per heavy atom. The number of nitrogens with zero attached hydrogens (tertiary/aromatic N) is 1. The summed E-state index contributed by atoms with van der Waals surface area (Å²) in [6, 6.07) is 23.9. The van der Waals surface area contributed by atoms with Crippen LogP contribution in [0.3, 0.4) is 0 Å². The molecule has 0 radical (unpaired) electrons. The zero-order chi connectivity index (χ0) is 28.9. The Balaban J connectivity index is 1.44. The minimum Gasteiger partial charge on any atom is -0.494 e. The molecule has 218 valence electrons. The van der Waals surface area contributed by atoms with Crippen LogP contribution in [0.25, 0.3) is 0 Å². The van der Waals surface area contributed by atoms with Gasteiger partial charge in [0.1, 0.15) is 29.3 Å². The van der Waals surface area contributed by atoms with Gasteiger partial charge in [0.25, 0.3) is 0 Å². The maximum atomic E-state index is 13.8. The third-order valence-corrected chi connectivity index (χ3v) is 7.07. The third-order valence-electron chi connectivity index (χ3n) is 7.07. The van der Waals surface area contributed by atoms with Gasteiger partial charge >= 0.3 is 0 Å². The van der Waals surface area contributed by atoms with Gasteiger partial charge in [-0.3, -0.25) is 9.59 Å². The second-order valence-electron chi connectivity index (χ2n) is 10.3. The molecule has 1 aliphatic heterocycles. The molecule has 8 nitrogen and oxygen atoms in total. The van der Waals surface area contributed by atoms with Crippen LogP contribution in [0.5, 0.6) is 17.2 Å². The summed E-state index contributed by atoms with van der Waals surface area (Å²) in [6.07, 6.45) is 3.71. The van der Waals surface area contributed by atoms with Crippen LogP contribution in [0.15, 0.2) is 78.9 Å². The molecule has 3 aromatic rings. The van der Waals surface area contributed by atoms with Crippen molar-refractivity contribution in [2.45, 2.75) is 57.7 Å². The lowest BCUT2D eigenvalue weighted by atomic mass is 9.96. The van der Waals surface area contributed by atoms with Crippen LogP contribution in [-0.2, 0) is 22.6 Å². The molecule has 41 heavy (non-hydrogen) atoms. The molecule has 1 aliphatic rings. The summed E-state index contributed by atoms with van der Waals surface area (Å²) in [5.41, 5.74) is 7.47. The fourth-order valence-electron chi connectivity index (χ4n) is 4.91. The van der Waals surface area contributed by atoms with Crippen molar-refractivity contribution in [3.8, 4) is 17.2 Å². The Morgan fingerprint density at radius 3 is 2.24 bits per heavy atom. The van der Waals surface area contributed by atoms with Gasteiger partial charge in [-0.2, -0.15) is 0 Å². The lowest BCUT2D eigenvalue weighted by Gasteiger charge is -2.39. The molecule has 2 amide bonds. The quantitative estimate of drug-likeness (QED) is 0.225. The summed E-state index contributed by atoms with van der Waals surface area (Å²) in [6.45, 7) is 5.28. The van der Waals surface area contributed by atoms with Crippen molar-refractivity contribution < 1.29 is 19.1 Å². The minimum absolute atomic E-state index is 0.0632. The third kappa shape index (κ3) is 9.06. The second kappa shape index (κ2) is 15.8. The Bertz CT molecular complexity index is 1220. The smallest absolute Gasteiger partial charge is 0.246 e. The molecule has 1 saturated heterocycles. The lowest BCUT2D eigenvalue weighted by molar-refractivity contribution is -0.150. The maximum absolute atomic E-state index is 13.8. The Hall–Kier alpha value is -3.88. The van der Waals surface area contributed by atoms with Crippen molar-refractivity contribution in [3.05, 3.63) is 90.0 Å². The lowest BCUT2D eigenvalue weighted by Crippen LogP contribution is -2.63. The molecule has 1 heterocycles. The van der Waals surface area contributed by atoms with Gasteiger partial charge in [0.05, 0.1) is 6.61 Å². The van der Waals surface area contributed by atoms with E-state index in [1.54, 1.807) is 4.90 Å². The van der Waals surface area contributed by atoms with Gasteiger partial charge in [-0.15, -0.1) is 0 Å². The maximum Gasteiger partial charge on any atom is 0.246 e. The van der Waals surface area contributed by atoms with Gasteiger partial charge in [-0.25, -0.2) is 0 Å². The molecule has 0 spiro atoms. The van der Waals surface area contributed by atoms with E-state index in [4.69, 9.17) is 15.2 Å². The van der Waals surface area contributed by atoms with E-state index in [1.807, 2.05) is 78.9 Å². The predicted octanol–water partition coefficient (Wildman–Crippen LogP) is 4.42. The van der Waals surface area contributed by atoms with Gasteiger partial charge in [0.2, 0.25) is 11.8 Å². The SMILES string of the molecule is CCCOc1ccc(CC2NC(=O)C(CCCCNCCN)N(Cc3ccc(Oc4ccccc4)cc3)C2=O)cc1. The predicted molar refractivity (Wildman–Crippen MR) is 161 cm³/mol. The first-order chi connectivity index (χ1) is 20.1. The van der Waals surface area contributed by atoms with Crippen molar-refractivity contribution in [1.82, 2.24) is 15.5 Å². The number of carbonyl (C=O) groups excluding carboxylic acids is 2. The fraction of sp³-hybridized carbons (Fsp3) is 0.394. The number of carbonyl (C=O) groups is 2. The molecule has 4 N–H and O–H groups in total. The largest absolute Gasteiger partial charge is 0.494 e. The van der Waals surface area contributed by atoms with Gasteiger partial charge in [-0.05, 0) is 79.8 Å². The Kier molecular flexibility index (Phi) is 11.6. The Labute approximate surface area is 243 Å². The molecule has 1 fully saturated rings. The molecule has 0 aliphatic carbocycles. The number of amides is 2. The summed E-state index contributed by atoms with van der Waals surface area (Å²) in [7, 11) is 0.